The highest BCUT2D eigenvalue weighted by atomic mass is 16.2. The number of carbonyl (C=O) groups is 1. The number of nitrogens with zero attached hydrogens (tertiary/aromatic N) is 3. The van der Waals surface area contributed by atoms with Crippen molar-refractivity contribution < 1.29 is 4.79 Å². The van der Waals surface area contributed by atoms with E-state index in [0.29, 0.717) is 17.5 Å². The lowest BCUT2D eigenvalue weighted by atomic mass is 10.00. The topological polar surface area (TPSA) is 45.5 Å². The molecule has 126 valence electrons. The van der Waals surface area contributed by atoms with E-state index in [1.165, 1.54) is 17.4 Å². The minimum atomic E-state index is -0.204. The average Bonchev–Trinajstić information content (AvgIpc) is 3.17. The minimum absolute atomic E-state index is 0.105. The quantitative estimate of drug-likeness (QED) is 0.853. The molecule has 0 aliphatic carbocycles. The molecule has 0 radical (unpaired) electrons. The second kappa shape index (κ2) is 6.48. The lowest BCUT2D eigenvalue weighted by Crippen LogP contribution is -2.42. The molecule has 0 saturated carbocycles. The predicted molar refractivity (Wildman–Crippen MR) is 90.6 cm³/mol. The standard InChI is InChI=1S/C18H27N3O2/c1-13(2)16-11-14(20-9-4-5-10-20)12-21(16)18(23)15-7-6-8-19(3)17(15)22/h6-8,13-14,16H,4-5,9-12H2,1-3H3. The lowest BCUT2D eigenvalue weighted by Gasteiger charge is -2.27. The van der Waals surface area contributed by atoms with Gasteiger partial charge in [0.15, 0.2) is 0 Å². The van der Waals surface area contributed by atoms with Crippen LogP contribution >= 0.6 is 0 Å². The average molecular weight is 317 g/mol. The molecule has 2 unspecified atom stereocenters. The summed E-state index contributed by atoms with van der Waals surface area (Å²) in [6, 6.07) is 4.09. The van der Waals surface area contributed by atoms with E-state index in [4.69, 9.17) is 0 Å². The maximum absolute atomic E-state index is 13.0. The molecule has 2 fully saturated rings. The maximum atomic E-state index is 13.0. The molecule has 2 atom stereocenters. The summed E-state index contributed by atoms with van der Waals surface area (Å²) in [5.74, 6) is 0.297. The normalized spacial score (nSPS) is 25.5. The van der Waals surface area contributed by atoms with Crippen molar-refractivity contribution in [3.63, 3.8) is 0 Å². The maximum Gasteiger partial charge on any atom is 0.263 e. The zero-order chi connectivity index (χ0) is 16.6. The van der Waals surface area contributed by atoms with Crippen molar-refractivity contribution in [1.82, 2.24) is 14.4 Å². The third-order valence-electron chi connectivity index (χ3n) is 5.36. The van der Waals surface area contributed by atoms with Crippen molar-refractivity contribution in [2.45, 2.75) is 45.2 Å². The Bertz CT molecular complexity index is 631. The van der Waals surface area contributed by atoms with Crippen LogP contribution in [0.4, 0.5) is 0 Å². The summed E-state index contributed by atoms with van der Waals surface area (Å²) >= 11 is 0. The summed E-state index contributed by atoms with van der Waals surface area (Å²) in [4.78, 5) is 29.7. The summed E-state index contributed by atoms with van der Waals surface area (Å²) in [5.41, 5.74) is 0.0901. The molecule has 3 rings (SSSR count). The van der Waals surface area contributed by atoms with Gasteiger partial charge >= 0.3 is 0 Å². The Morgan fingerprint density at radius 2 is 1.96 bits per heavy atom. The molecule has 2 aliphatic heterocycles. The zero-order valence-corrected chi connectivity index (χ0v) is 14.4. The van der Waals surface area contributed by atoms with Gasteiger partial charge < -0.3 is 9.47 Å². The summed E-state index contributed by atoms with van der Waals surface area (Å²) < 4.78 is 1.48. The number of hydrogen-bond acceptors (Lipinski definition) is 3. The van der Waals surface area contributed by atoms with Crippen LogP contribution in [0.3, 0.4) is 0 Å². The van der Waals surface area contributed by atoms with E-state index in [0.717, 1.165) is 26.1 Å². The van der Waals surface area contributed by atoms with Gasteiger partial charge in [-0.3, -0.25) is 14.5 Å². The molecule has 5 heteroatoms. The van der Waals surface area contributed by atoms with E-state index < -0.39 is 0 Å². The number of hydrogen-bond donors (Lipinski definition) is 0. The van der Waals surface area contributed by atoms with Gasteiger partial charge in [-0.2, -0.15) is 0 Å². The van der Waals surface area contributed by atoms with Gasteiger partial charge in [0.05, 0.1) is 0 Å². The summed E-state index contributed by atoms with van der Waals surface area (Å²) in [6.45, 7) is 7.37. The van der Waals surface area contributed by atoms with E-state index in [1.54, 1.807) is 25.4 Å². The van der Waals surface area contributed by atoms with E-state index in [1.807, 2.05) is 4.90 Å². The second-order valence-corrected chi connectivity index (χ2v) is 7.24. The molecular formula is C18H27N3O2. The Kier molecular flexibility index (Phi) is 4.57. The summed E-state index contributed by atoms with van der Waals surface area (Å²) in [7, 11) is 1.69. The smallest absolute Gasteiger partial charge is 0.263 e. The Morgan fingerprint density at radius 1 is 1.26 bits per heavy atom. The highest BCUT2D eigenvalue weighted by Crippen LogP contribution is 2.30. The van der Waals surface area contributed by atoms with Gasteiger partial charge in [-0.25, -0.2) is 0 Å². The zero-order valence-electron chi connectivity index (χ0n) is 14.4. The molecule has 23 heavy (non-hydrogen) atoms. The monoisotopic (exact) mass is 317 g/mol. The van der Waals surface area contributed by atoms with Crippen LogP contribution in [-0.2, 0) is 7.05 Å². The van der Waals surface area contributed by atoms with Crippen LogP contribution in [0.2, 0.25) is 0 Å². The molecule has 2 saturated heterocycles. The number of aromatic nitrogens is 1. The molecule has 3 heterocycles. The number of pyridine rings is 1. The van der Waals surface area contributed by atoms with Crippen LogP contribution < -0.4 is 5.56 Å². The van der Waals surface area contributed by atoms with Crippen molar-refractivity contribution in [3.05, 3.63) is 34.2 Å². The molecule has 1 aromatic rings. The number of rotatable bonds is 3. The Hall–Kier alpha value is -1.62. The van der Waals surface area contributed by atoms with Gasteiger partial charge in [-0.05, 0) is 50.4 Å². The van der Waals surface area contributed by atoms with E-state index in [2.05, 4.69) is 18.7 Å². The van der Waals surface area contributed by atoms with Gasteiger partial charge in [-0.1, -0.05) is 13.8 Å². The fraction of sp³-hybridized carbons (Fsp3) is 0.667. The molecule has 1 aromatic heterocycles. The number of aryl methyl sites for hydroxylation is 1. The molecule has 2 aliphatic rings. The molecule has 5 nitrogen and oxygen atoms in total. The van der Waals surface area contributed by atoms with Crippen molar-refractivity contribution >= 4 is 5.91 Å². The highest BCUT2D eigenvalue weighted by molar-refractivity contribution is 5.94. The van der Waals surface area contributed by atoms with Gasteiger partial charge in [0.25, 0.3) is 11.5 Å². The molecule has 0 N–H and O–H groups in total. The molecular weight excluding hydrogens is 290 g/mol. The summed E-state index contributed by atoms with van der Waals surface area (Å²) in [6.07, 6.45) is 5.23. The van der Waals surface area contributed by atoms with Crippen LogP contribution in [0.15, 0.2) is 23.1 Å². The molecule has 1 amide bonds. The van der Waals surface area contributed by atoms with Crippen LogP contribution in [0, 0.1) is 5.92 Å². The Balaban J connectivity index is 1.85. The van der Waals surface area contributed by atoms with Crippen molar-refractivity contribution in [2.24, 2.45) is 13.0 Å². The van der Waals surface area contributed by atoms with Crippen molar-refractivity contribution in [1.29, 1.82) is 0 Å². The number of likely N-dealkylation sites (tertiary alicyclic amines) is 2. The van der Waals surface area contributed by atoms with Crippen LogP contribution in [-0.4, -0.2) is 52.0 Å². The molecule has 0 spiro atoms. The minimum Gasteiger partial charge on any atom is -0.334 e. The number of carbonyl (C=O) groups excluding carboxylic acids is 1. The fourth-order valence-electron chi connectivity index (χ4n) is 3.99. The third-order valence-corrected chi connectivity index (χ3v) is 5.36. The Labute approximate surface area is 137 Å². The first-order valence-electron chi connectivity index (χ1n) is 8.69. The SMILES string of the molecule is CC(C)C1CC(N2CCCC2)CN1C(=O)c1cccn(C)c1=O. The molecule has 0 bridgehead atoms. The Morgan fingerprint density at radius 3 is 2.61 bits per heavy atom. The van der Waals surface area contributed by atoms with Crippen LogP contribution in [0.25, 0.3) is 0 Å². The number of amides is 1. The van der Waals surface area contributed by atoms with Gasteiger partial charge in [0.1, 0.15) is 5.56 Å². The van der Waals surface area contributed by atoms with Gasteiger partial charge in [0.2, 0.25) is 0 Å². The first kappa shape index (κ1) is 16.2. The van der Waals surface area contributed by atoms with E-state index >= 15 is 0 Å². The largest absolute Gasteiger partial charge is 0.334 e. The third kappa shape index (κ3) is 3.07. The van der Waals surface area contributed by atoms with Crippen molar-refractivity contribution in [3.8, 4) is 0 Å². The second-order valence-electron chi connectivity index (χ2n) is 7.24. The summed E-state index contributed by atoms with van der Waals surface area (Å²) in [5, 5.41) is 0. The van der Waals surface area contributed by atoms with E-state index in [9.17, 15) is 9.59 Å². The van der Waals surface area contributed by atoms with Crippen LogP contribution in [0.5, 0.6) is 0 Å². The van der Waals surface area contributed by atoms with Gasteiger partial charge in [-0.15, -0.1) is 0 Å². The fourth-order valence-corrected chi connectivity index (χ4v) is 3.99. The van der Waals surface area contributed by atoms with Crippen LogP contribution in [0.1, 0.15) is 43.5 Å². The van der Waals surface area contributed by atoms with E-state index in [-0.39, 0.29) is 17.5 Å². The van der Waals surface area contributed by atoms with Gasteiger partial charge in [0, 0.05) is 31.9 Å². The lowest BCUT2D eigenvalue weighted by molar-refractivity contribution is 0.0692. The predicted octanol–water partition coefficient (Wildman–Crippen LogP) is 1.72. The first-order chi connectivity index (χ1) is 11.0. The van der Waals surface area contributed by atoms with Crippen molar-refractivity contribution in [2.75, 3.05) is 19.6 Å². The highest BCUT2D eigenvalue weighted by Gasteiger charge is 2.40. The molecule has 0 aromatic carbocycles. The first-order valence-corrected chi connectivity index (χ1v) is 8.69.